The lowest BCUT2D eigenvalue weighted by Gasteiger charge is -2.32. The minimum atomic E-state index is -4.30. The molecular weight excluding hydrogens is 493 g/mol. The number of rotatable bonds is 11. The predicted molar refractivity (Wildman–Crippen MR) is 142 cm³/mol. The average molecular weight is 526 g/mol. The van der Waals surface area contributed by atoms with E-state index in [-0.39, 0.29) is 23.0 Å². The summed E-state index contributed by atoms with van der Waals surface area (Å²) in [6, 6.07) is 19.5. The summed E-state index contributed by atoms with van der Waals surface area (Å²) >= 11 is 0. The summed E-state index contributed by atoms with van der Waals surface area (Å²) in [5.74, 6) is -1.77. The molecule has 0 heterocycles. The first-order chi connectivity index (χ1) is 17.6. The van der Waals surface area contributed by atoms with E-state index < -0.39 is 34.3 Å². The number of sulfonamides is 1. The van der Waals surface area contributed by atoms with Crippen LogP contribution in [-0.4, -0.2) is 44.3 Å². The van der Waals surface area contributed by atoms with Crippen LogP contribution in [0.5, 0.6) is 0 Å². The van der Waals surface area contributed by atoms with Crippen molar-refractivity contribution in [1.29, 1.82) is 0 Å². The third kappa shape index (κ3) is 6.95. The molecule has 0 aromatic heterocycles. The molecule has 0 saturated carbocycles. The van der Waals surface area contributed by atoms with E-state index in [2.05, 4.69) is 5.32 Å². The number of benzene rings is 3. The topological polar surface area (TPSA) is 86.8 Å². The van der Waals surface area contributed by atoms with Gasteiger partial charge >= 0.3 is 0 Å². The number of aryl methyl sites for hydroxylation is 1. The fourth-order valence-electron chi connectivity index (χ4n) is 3.87. The number of hydrogen-bond acceptors (Lipinski definition) is 4. The van der Waals surface area contributed by atoms with Crippen LogP contribution in [0.1, 0.15) is 31.4 Å². The van der Waals surface area contributed by atoms with Gasteiger partial charge in [0.05, 0.1) is 10.6 Å². The van der Waals surface area contributed by atoms with Gasteiger partial charge in [-0.05, 0) is 50.1 Å². The summed E-state index contributed by atoms with van der Waals surface area (Å²) in [5, 5.41) is 2.79. The van der Waals surface area contributed by atoms with Crippen LogP contribution < -0.4 is 9.62 Å². The minimum Gasteiger partial charge on any atom is -0.354 e. The zero-order valence-electron chi connectivity index (χ0n) is 21.2. The molecule has 0 bridgehead atoms. The molecule has 0 radical (unpaired) electrons. The highest BCUT2D eigenvalue weighted by Crippen LogP contribution is 2.26. The lowest BCUT2D eigenvalue weighted by Crippen LogP contribution is -2.51. The van der Waals surface area contributed by atoms with Crippen molar-refractivity contribution in [3.05, 3.63) is 95.8 Å². The standard InChI is InChI=1S/C28H32FN3O4S/c1-4-17-30-28(34)22(3)31(19-23-12-10-11-21(2)18-23)27(33)20-32(26-16-9-8-15-25(26)29)37(35,36)24-13-6-5-7-14-24/h5-16,18,22H,4,17,19-20H2,1-3H3,(H,30,34). The number of anilines is 1. The second kappa shape index (κ2) is 12.5. The normalized spacial score (nSPS) is 12.0. The summed E-state index contributed by atoms with van der Waals surface area (Å²) < 4.78 is 42.8. The Hall–Kier alpha value is -3.72. The van der Waals surface area contributed by atoms with Gasteiger partial charge in [0, 0.05) is 13.1 Å². The van der Waals surface area contributed by atoms with Gasteiger partial charge in [0.15, 0.2) is 0 Å². The van der Waals surface area contributed by atoms with E-state index in [1.165, 1.54) is 35.2 Å². The highest BCUT2D eigenvalue weighted by Gasteiger charge is 2.33. The van der Waals surface area contributed by atoms with Crippen molar-refractivity contribution in [2.75, 3.05) is 17.4 Å². The largest absolute Gasteiger partial charge is 0.354 e. The fourth-order valence-corrected chi connectivity index (χ4v) is 5.32. The van der Waals surface area contributed by atoms with Crippen molar-refractivity contribution in [2.24, 2.45) is 0 Å². The molecule has 0 saturated heterocycles. The fraction of sp³-hybridized carbons (Fsp3) is 0.286. The molecule has 0 spiro atoms. The smallest absolute Gasteiger partial charge is 0.264 e. The van der Waals surface area contributed by atoms with Crippen LogP contribution in [0.15, 0.2) is 83.8 Å². The highest BCUT2D eigenvalue weighted by molar-refractivity contribution is 7.92. The maximum Gasteiger partial charge on any atom is 0.264 e. The van der Waals surface area contributed by atoms with E-state index in [1.54, 1.807) is 25.1 Å². The van der Waals surface area contributed by atoms with Crippen LogP contribution >= 0.6 is 0 Å². The number of hydrogen-bond donors (Lipinski definition) is 1. The molecule has 3 rings (SSSR count). The Kier molecular flexibility index (Phi) is 9.41. The quantitative estimate of drug-likeness (QED) is 0.405. The second-order valence-corrected chi connectivity index (χ2v) is 10.6. The van der Waals surface area contributed by atoms with E-state index in [0.29, 0.717) is 6.54 Å². The minimum absolute atomic E-state index is 0.0787. The van der Waals surface area contributed by atoms with Gasteiger partial charge in [-0.3, -0.25) is 13.9 Å². The van der Waals surface area contributed by atoms with Gasteiger partial charge in [-0.15, -0.1) is 0 Å². The van der Waals surface area contributed by atoms with Crippen molar-refractivity contribution >= 4 is 27.5 Å². The van der Waals surface area contributed by atoms with Gasteiger partial charge < -0.3 is 10.2 Å². The molecule has 196 valence electrons. The Labute approximate surface area is 218 Å². The SMILES string of the molecule is CCCNC(=O)C(C)N(Cc1cccc(C)c1)C(=O)CN(c1ccccc1F)S(=O)(=O)c1ccccc1. The predicted octanol–water partition coefficient (Wildman–Crippen LogP) is 4.27. The van der Waals surface area contributed by atoms with Crippen molar-refractivity contribution in [3.8, 4) is 0 Å². The maximum absolute atomic E-state index is 14.9. The van der Waals surface area contributed by atoms with Gasteiger partial charge in [-0.2, -0.15) is 0 Å². The molecule has 0 fully saturated rings. The Bertz CT molecular complexity index is 1330. The van der Waals surface area contributed by atoms with E-state index in [4.69, 9.17) is 0 Å². The first-order valence-corrected chi connectivity index (χ1v) is 13.5. The molecule has 9 heteroatoms. The molecule has 37 heavy (non-hydrogen) atoms. The number of nitrogens with zero attached hydrogens (tertiary/aromatic N) is 2. The van der Waals surface area contributed by atoms with Crippen LogP contribution in [0, 0.1) is 12.7 Å². The van der Waals surface area contributed by atoms with Crippen molar-refractivity contribution in [1.82, 2.24) is 10.2 Å². The van der Waals surface area contributed by atoms with Crippen molar-refractivity contribution in [3.63, 3.8) is 0 Å². The van der Waals surface area contributed by atoms with Crippen LogP contribution in [0.4, 0.5) is 10.1 Å². The molecule has 0 aliphatic carbocycles. The van der Waals surface area contributed by atoms with Crippen LogP contribution in [0.2, 0.25) is 0 Å². The lowest BCUT2D eigenvalue weighted by atomic mass is 10.1. The maximum atomic E-state index is 14.9. The Morgan fingerprint density at radius 1 is 0.973 bits per heavy atom. The molecule has 0 aliphatic rings. The summed E-state index contributed by atoms with van der Waals surface area (Å²) in [5.41, 5.74) is 1.51. The molecule has 1 atom stereocenters. The number of amides is 2. The number of carbonyl (C=O) groups excluding carboxylic acids is 2. The van der Waals surface area contributed by atoms with Gasteiger partial charge in [0.25, 0.3) is 10.0 Å². The number of nitrogens with one attached hydrogen (secondary N) is 1. The third-order valence-corrected chi connectivity index (χ3v) is 7.66. The number of para-hydroxylation sites is 1. The second-order valence-electron chi connectivity index (χ2n) is 8.75. The summed E-state index contributed by atoms with van der Waals surface area (Å²) in [4.78, 5) is 27.8. The molecule has 7 nitrogen and oxygen atoms in total. The first-order valence-electron chi connectivity index (χ1n) is 12.1. The number of carbonyl (C=O) groups is 2. The molecule has 0 aliphatic heterocycles. The summed E-state index contributed by atoms with van der Waals surface area (Å²) in [6.45, 7) is 5.27. The van der Waals surface area contributed by atoms with Gasteiger partial charge in [-0.25, -0.2) is 12.8 Å². The average Bonchev–Trinajstić information content (AvgIpc) is 2.89. The van der Waals surface area contributed by atoms with Crippen LogP contribution in [0.3, 0.4) is 0 Å². The highest BCUT2D eigenvalue weighted by atomic mass is 32.2. The zero-order valence-corrected chi connectivity index (χ0v) is 22.0. The van der Waals surface area contributed by atoms with E-state index in [0.717, 1.165) is 27.9 Å². The molecule has 2 amide bonds. The molecule has 3 aromatic carbocycles. The van der Waals surface area contributed by atoms with Gasteiger partial charge in [0.1, 0.15) is 18.4 Å². The Morgan fingerprint density at radius 2 is 1.65 bits per heavy atom. The monoisotopic (exact) mass is 525 g/mol. The van der Waals surface area contributed by atoms with Crippen molar-refractivity contribution in [2.45, 2.75) is 44.7 Å². The summed E-state index contributed by atoms with van der Waals surface area (Å²) in [6.07, 6.45) is 0.723. The van der Waals surface area contributed by atoms with E-state index in [9.17, 15) is 22.4 Å². The molecular formula is C28H32FN3O4S. The van der Waals surface area contributed by atoms with E-state index >= 15 is 0 Å². The summed E-state index contributed by atoms with van der Waals surface area (Å²) in [7, 11) is -4.30. The van der Waals surface area contributed by atoms with Crippen LogP contribution in [-0.2, 0) is 26.2 Å². The lowest BCUT2D eigenvalue weighted by molar-refractivity contribution is -0.139. The Balaban J connectivity index is 2.02. The molecule has 3 aromatic rings. The number of halogens is 1. The molecule has 1 unspecified atom stereocenters. The van der Waals surface area contributed by atoms with Crippen molar-refractivity contribution < 1.29 is 22.4 Å². The zero-order chi connectivity index (χ0) is 27.0. The van der Waals surface area contributed by atoms with Gasteiger partial charge in [-0.1, -0.05) is 67.1 Å². The van der Waals surface area contributed by atoms with Gasteiger partial charge in [0.2, 0.25) is 11.8 Å². The van der Waals surface area contributed by atoms with Crippen LogP contribution in [0.25, 0.3) is 0 Å². The van der Waals surface area contributed by atoms with E-state index in [1.807, 2.05) is 38.1 Å². The Morgan fingerprint density at radius 3 is 2.30 bits per heavy atom. The first kappa shape index (κ1) is 27.9. The third-order valence-electron chi connectivity index (χ3n) is 5.88. The molecule has 1 N–H and O–H groups in total.